The molecule has 1 aromatic carbocycles. The fourth-order valence-electron chi connectivity index (χ4n) is 1.54. The maximum atomic E-state index is 13.5. The summed E-state index contributed by atoms with van der Waals surface area (Å²) in [6.45, 7) is 1.03. The van der Waals surface area contributed by atoms with Crippen molar-refractivity contribution < 1.29 is 19.0 Å². The lowest BCUT2D eigenvalue weighted by Crippen LogP contribution is -2.30. The second-order valence-electron chi connectivity index (χ2n) is 4.06. The number of benzene rings is 1. The molecule has 0 fully saturated rings. The van der Waals surface area contributed by atoms with Crippen molar-refractivity contribution in [2.75, 3.05) is 20.3 Å². The van der Waals surface area contributed by atoms with E-state index >= 15 is 0 Å². The quantitative estimate of drug-likeness (QED) is 0.756. The van der Waals surface area contributed by atoms with Crippen LogP contribution in [0.2, 0.25) is 5.02 Å². The van der Waals surface area contributed by atoms with Crippen LogP contribution in [0.4, 0.5) is 4.39 Å². The normalized spacial score (nSPS) is 12.2. The Morgan fingerprint density at radius 3 is 2.89 bits per heavy atom. The first-order chi connectivity index (χ1) is 9.06. The van der Waals surface area contributed by atoms with Crippen LogP contribution in [-0.4, -0.2) is 31.3 Å². The second kappa shape index (κ2) is 8.09. The monoisotopic (exact) mass is 289 g/mol. The van der Waals surface area contributed by atoms with Gasteiger partial charge in [-0.05, 0) is 25.0 Å². The number of unbranched alkanes of at least 4 members (excludes halogenated alkanes) is 1. The average Bonchev–Trinajstić information content (AvgIpc) is 2.37. The Morgan fingerprint density at radius 2 is 2.26 bits per heavy atom. The third kappa shape index (κ3) is 5.14. The third-order valence-corrected chi connectivity index (χ3v) is 2.82. The Labute approximate surface area is 116 Å². The first kappa shape index (κ1) is 15.9. The number of hydrogen-bond donors (Lipinski definition) is 2. The Balaban J connectivity index is 2.47. The van der Waals surface area contributed by atoms with Gasteiger partial charge in [-0.15, -0.1) is 0 Å². The molecule has 1 amide bonds. The Bertz CT molecular complexity index is 428. The van der Waals surface area contributed by atoms with E-state index in [4.69, 9.17) is 16.3 Å². The van der Waals surface area contributed by atoms with E-state index in [2.05, 4.69) is 5.32 Å². The van der Waals surface area contributed by atoms with Crippen LogP contribution in [0.25, 0.3) is 0 Å². The summed E-state index contributed by atoms with van der Waals surface area (Å²) >= 11 is 5.60. The molecule has 4 nitrogen and oxygen atoms in total. The first-order valence-electron chi connectivity index (χ1n) is 5.96. The van der Waals surface area contributed by atoms with Crippen molar-refractivity contribution in [2.24, 2.45) is 0 Å². The molecular weight excluding hydrogens is 273 g/mol. The first-order valence-corrected chi connectivity index (χ1v) is 6.33. The number of aliphatic hydroxyl groups excluding tert-OH is 1. The standard InChI is InChI=1S/C13H17ClFNO3/c1-19-7-3-2-6-16-13(18)12(17)10-5-4-9(14)8-11(10)15/h4-5,8,12,17H,2-3,6-7H2,1H3,(H,16,18). The minimum Gasteiger partial charge on any atom is -0.385 e. The van der Waals surface area contributed by atoms with E-state index in [0.717, 1.165) is 18.9 Å². The minimum absolute atomic E-state index is 0.0845. The minimum atomic E-state index is -1.53. The van der Waals surface area contributed by atoms with Crippen molar-refractivity contribution in [1.82, 2.24) is 5.32 Å². The fraction of sp³-hybridized carbons (Fsp3) is 0.462. The maximum Gasteiger partial charge on any atom is 0.253 e. The summed E-state index contributed by atoms with van der Waals surface area (Å²) in [4.78, 5) is 11.6. The van der Waals surface area contributed by atoms with Crippen LogP contribution in [0.1, 0.15) is 24.5 Å². The number of hydrogen-bond acceptors (Lipinski definition) is 3. The molecule has 1 aromatic rings. The van der Waals surface area contributed by atoms with E-state index in [9.17, 15) is 14.3 Å². The number of aliphatic hydroxyl groups is 1. The molecule has 19 heavy (non-hydrogen) atoms. The van der Waals surface area contributed by atoms with Crippen LogP contribution >= 0.6 is 11.6 Å². The molecule has 0 saturated carbocycles. The van der Waals surface area contributed by atoms with Crippen molar-refractivity contribution in [3.63, 3.8) is 0 Å². The highest BCUT2D eigenvalue weighted by Gasteiger charge is 2.20. The lowest BCUT2D eigenvalue weighted by molar-refractivity contribution is -0.129. The summed E-state index contributed by atoms with van der Waals surface area (Å²) in [5, 5.41) is 12.5. The summed E-state index contributed by atoms with van der Waals surface area (Å²) in [5.41, 5.74) is -0.0845. The number of rotatable bonds is 7. The lowest BCUT2D eigenvalue weighted by Gasteiger charge is -2.12. The molecule has 0 aliphatic carbocycles. The van der Waals surface area contributed by atoms with Gasteiger partial charge in [0.2, 0.25) is 0 Å². The number of carbonyl (C=O) groups excluding carboxylic acids is 1. The molecular formula is C13H17ClFNO3. The molecule has 1 rings (SSSR count). The molecule has 106 valence electrons. The van der Waals surface area contributed by atoms with Crippen molar-refractivity contribution >= 4 is 17.5 Å². The number of halogens is 2. The molecule has 0 heterocycles. The van der Waals surface area contributed by atoms with Gasteiger partial charge in [0.15, 0.2) is 6.10 Å². The summed E-state index contributed by atoms with van der Waals surface area (Å²) in [6, 6.07) is 3.79. The van der Waals surface area contributed by atoms with E-state index in [0.29, 0.717) is 13.2 Å². The van der Waals surface area contributed by atoms with Crippen LogP contribution in [-0.2, 0) is 9.53 Å². The zero-order valence-corrected chi connectivity index (χ0v) is 11.4. The average molecular weight is 290 g/mol. The SMILES string of the molecule is COCCCCNC(=O)C(O)c1ccc(Cl)cc1F. The van der Waals surface area contributed by atoms with Crippen molar-refractivity contribution in [1.29, 1.82) is 0 Å². The molecule has 0 aromatic heterocycles. The molecule has 2 N–H and O–H groups in total. The molecule has 6 heteroatoms. The lowest BCUT2D eigenvalue weighted by atomic mass is 10.1. The van der Waals surface area contributed by atoms with Gasteiger partial charge in [0, 0.05) is 30.8 Å². The van der Waals surface area contributed by atoms with Crippen LogP contribution in [0, 0.1) is 5.82 Å². The Kier molecular flexibility index (Phi) is 6.77. The number of ether oxygens (including phenoxy) is 1. The summed E-state index contributed by atoms with van der Waals surface area (Å²) in [6.07, 6.45) is 0.0112. The number of nitrogens with one attached hydrogen (secondary N) is 1. The van der Waals surface area contributed by atoms with Crippen molar-refractivity contribution in [3.05, 3.63) is 34.6 Å². The van der Waals surface area contributed by atoms with E-state index in [-0.39, 0.29) is 10.6 Å². The van der Waals surface area contributed by atoms with Gasteiger partial charge in [-0.3, -0.25) is 4.79 Å². The van der Waals surface area contributed by atoms with Gasteiger partial charge >= 0.3 is 0 Å². The van der Waals surface area contributed by atoms with Gasteiger partial charge in [0.25, 0.3) is 5.91 Å². The number of carbonyl (C=O) groups is 1. The fourth-order valence-corrected chi connectivity index (χ4v) is 1.70. The second-order valence-corrected chi connectivity index (χ2v) is 4.50. The van der Waals surface area contributed by atoms with Crippen LogP contribution in [0.5, 0.6) is 0 Å². The van der Waals surface area contributed by atoms with Crippen LogP contribution in [0.15, 0.2) is 18.2 Å². The third-order valence-electron chi connectivity index (χ3n) is 2.58. The highest BCUT2D eigenvalue weighted by molar-refractivity contribution is 6.30. The predicted octanol–water partition coefficient (Wildman–Crippen LogP) is 2.06. The van der Waals surface area contributed by atoms with Gasteiger partial charge in [0.1, 0.15) is 5.82 Å². The summed E-state index contributed by atoms with van der Waals surface area (Å²) in [5.74, 6) is -1.33. The molecule has 1 unspecified atom stereocenters. The maximum absolute atomic E-state index is 13.5. The number of amides is 1. The van der Waals surface area contributed by atoms with Crippen LogP contribution < -0.4 is 5.32 Å². The van der Waals surface area contributed by atoms with E-state index in [1.54, 1.807) is 7.11 Å². The van der Waals surface area contributed by atoms with Gasteiger partial charge in [0.05, 0.1) is 0 Å². The van der Waals surface area contributed by atoms with Crippen molar-refractivity contribution in [2.45, 2.75) is 18.9 Å². The molecule has 1 atom stereocenters. The van der Waals surface area contributed by atoms with Crippen molar-refractivity contribution in [3.8, 4) is 0 Å². The zero-order chi connectivity index (χ0) is 14.3. The predicted molar refractivity (Wildman–Crippen MR) is 70.5 cm³/mol. The highest BCUT2D eigenvalue weighted by Crippen LogP contribution is 2.20. The largest absolute Gasteiger partial charge is 0.385 e. The molecule has 0 radical (unpaired) electrons. The molecule has 0 aliphatic rings. The van der Waals surface area contributed by atoms with Gasteiger partial charge in [-0.25, -0.2) is 4.39 Å². The topological polar surface area (TPSA) is 58.6 Å². The van der Waals surface area contributed by atoms with Crippen LogP contribution in [0.3, 0.4) is 0 Å². The highest BCUT2D eigenvalue weighted by atomic mass is 35.5. The summed E-state index contributed by atoms with van der Waals surface area (Å²) < 4.78 is 18.4. The smallest absolute Gasteiger partial charge is 0.253 e. The molecule has 0 spiro atoms. The molecule has 0 aliphatic heterocycles. The van der Waals surface area contributed by atoms with Gasteiger partial charge in [-0.1, -0.05) is 17.7 Å². The van der Waals surface area contributed by atoms with E-state index < -0.39 is 17.8 Å². The Hall–Kier alpha value is -1.17. The molecule has 0 saturated heterocycles. The molecule has 0 bridgehead atoms. The van der Waals surface area contributed by atoms with E-state index in [1.165, 1.54) is 12.1 Å². The number of methoxy groups -OCH3 is 1. The summed E-state index contributed by atoms with van der Waals surface area (Å²) in [7, 11) is 1.60. The van der Waals surface area contributed by atoms with E-state index in [1.807, 2.05) is 0 Å². The van der Waals surface area contributed by atoms with Gasteiger partial charge in [-0.2, -0.15) is 0 Å². The Morgan fingerprint density at radius 1 is 1.53 bits per heavy atom. The zero-order valence-electron chi connectivity index (χ0n) is 10.7. The van der Waals surface area contributed by atoms with Gasteiger partial charge < -0.3 is 15.2 Å².